The molecule has 32 heavy (non-hydrogen) atoms. The molecule has 3 aromatic rings. The Bertz CT molecular complexity index is 1130. The van der Waals surface area contributed by atoms with Gasteiger partial charge in [0.25, 0.3) is 0 Å². The number of hydrogen-bond acceptors (Lipinski definition) is 7. The van der Waals surface area contributed by atoms with E-state index >= 15 is 0 Å². The van der Waals surface area contributed by atoms with E-state index in [-0.39, 0.29) is 0 Å². The van der Waals surface area contributed by atoms with Crippen molar-refractivity contribution in [1.82, 2.24) is 9.97 Å². The third-order valence-electron chi connectivity index (χ3n) is 5.72. The van der Waals surface area contributed by atoms with E-state index in [1.807, 2.05) is 56.3 Å². The lowest BCUT2D eigenvalue weighted by atomic mass is 9.84. The number of pyridine rings is 1. The minimum Gasteiger partial charge on any atom is -0.480 e. The number of thioether (sulfide) groups is 1. The van der Waals surface area contributed by atoms with Crippen molar-refractivity contribution in [2.45, 2.75) is 37.4 Å². The smallest absolute Gasteiger partial charge is 0.319 e. The van der Waals surface area contributed by atoms with Crippen LogP contribution in [-0.4, -0.2) is 45.6 Å². The van der Waals surface area contributed by atoms with Crippen molar-refractivity contribution in [2.75, 3.05) is 24.7 Å². The highest BCUT2D eigenvalue weighted by Crippen LogP contribution is 2.44. The lowest BCUT2D eigenvalue weighted by Gasteiger charge is -2.36. The average molecular weight is 454 g/mol. The lowest BCUT2D eigenvalue weighted by molar-refractivity contribution is -0.142. The molecule has 7 nitrogen and oxygen atoms in total. The van der Waals surface area contributed by atoms with Crippen LogP contribution >= 0.6 is 11.8 Å². The van der Waals surface area contributed by atoms with Gasteiger partial charge in [-0.2, -0.15) is 0 Å². The first-order chi connectivity index (χ1) is 15.4. The molecule has 1 saturated carbocycles. The molecule has 3 aromatic heterocycles. The van der Waals surface area contributed by atoms with Gasteiger partial charge in [0.05, 0.1) is 23.4 Å². The summed E-state index contributed by atoms with van der Waals surface area (Å²) < 4.78 is 11.3. The molecule has 1 aliphatic rings. The zero-order chi connectivity index (χ0) is 22.7. The van der Waals surface area contributed by atoms with Gasteiger partial charge in [0, 0.05) is 32.2 Å². The summed E-state index contributed by atoms with van der Waals surface area (Å²) in [7, 11) is 3.94. The molecule has 168 valence electrons. The number of oxazole rings is 1. The maximum atomic E-state index is 11.4. The van der Waals surface area contributed by atoms with E-state index in [1.54, 1.807) is 12.4 Å². The van der Waals surface area contributed by atoms with E-state index < -0.39 is 10.7 Å². The molecule has 0 aliphatic heterocycles. The number of rotatable bonds is 9. The van der Waals surface area contributed by atoms with Gasteiger partial charge in [-0.15, -0.1) is 11.8 Å². The molecular formula is C24H27N3O4S. The first-order valence-corrected chi connectivity index (χ1v) is 11.6. The fourth-order valence-corrected chi connectivity index (χ4v) is 4.90. The second-order valence-electron chi connectivity index (χ2n) is 8.16. The fraction of sp³-hybridized carbons (Fsp3) is 0.375. The molecule has 1 N–H and O–H groups in total. The minimum atomic E-state index is -0.700. The highest BCUT2D eigenvalue weighted by Gasteiger charge is 2.44. The highest BCUT2D eigenvalue weighted by atomic mass is 32.2. The third kappa shape index (κ3) is 4.60. The normalized spacial score (nSPS) is 15.1. The molecular weight excluding hydrogens is 426 g/mol. The summed E-state index contributed by atoms with van der Waals surface area (Å²) in [5.74, 6) is 2.77. The van der Waals surface area contributed by atoms with Crippen LogP contribution in [0.1, 0.15) is 42.2 Å². The maximum absolute atomic E-state index is 11.4. The summed E-state index contributed by atoms with van der Waals surface area (Å²) in [4.78, 5) is 22.3. The Morgan fingerprint density at radius 3 is 2.78 bits per heavy atom. The number of nitrogens with zero attached hydrogens (tertiary/aromatic N) is 3. The topological polar surface area (TPSA) is 92.6 Å². The molecule has 0 radical (unpaired) electrons. The molecule has 0 aromatic carbocycles. The monoisotopic (exact) mass is 453 g/mol. The van der Waals surface area contributed by atoms with Crippen molar-refractivity contribution in [3.05, 3.63) is 59.6 Å². The molecule has 8 heteroatoms. The van der Waals surface area contributed by atoms with Crippen LogP contribution in [0.4, 0.5) is 5.69 Å². The second-order valence-corrected chi connectivity index (χ2v) is 9.56. The minimum absolute atomic E-state index is 0.525. The zero-order valence-corrected chi connectivity index (χ0v) is 19.3. The largest absolute Gasteiger partial charge is 0.480 e. The van der Waals surface area contributed by atoms with Crippen molar-refractivity contribution in [3.63, 3.8) is 0 Å². The highest BCUT2D eigenvalue weighted by molar-refractivity contribution is 8.01. The molecule has 0 bridgehead atoms. The Kier molecular flexibility index (Phi) is 6.41. The number of carboxylic acid groups (broad SMARTS) is 1. The Labute approximate surface area is 191 Å². The van der Waals surface area contributed by atoms with Crippen molar-refractivity contribution < 1.29 is 18.7 Å². The average Bonchev–Trinajstić information content (AvgIpc) is 3.33. The molecule has 0 atom stereocenters. The molecule has 0 spiro atoms. The predicted octanol–water partition coefficient (Wildman–Crippen LogP) is 5.05. The Balaban J connectivity index is 1.40. The molecule has 1 aliphatic carbocycles. The maximum Gasteiger partial charge on any atom is 0.319 e. The van der Waals surface area contributed by atoms with Crippen LogP contribution in [-0.2, 0) is 11.2 Å². The van der Waals surface area contributed by atoms with Gasteiger partial charge < -0.3 is 18.8 Å². The number of carbonyl (C=O) groups is 1. The molecule has 0 amide bonds. The Hall–Kier alpha value is -3.00. The number of hydrogen-bond donors (Lipinski definition) is 1. The van der Waals surface area contributed by atoms with Crippen LogP contribution in [0.25, 0.3) is 17.5 Å². The third-order valence-corrected chi connectivity index (χ3v) is 7.21. The van der Waals surface area contributed by atoms with Gasteiger partial charge in [0.15, 0.2) is 0 Å². The molecule has 0 saturated heterocycles. The molecule has 0 unspecified atom stereocenters. The summed E-state index contributed by atoms with van der Waals surface area (Å²) in [6, 6.07) is 5.77. The van der Waals surface area contributed by atoms with E-state index in [4.69, 9.17) is 13.8 Å². The van der Waals surface area contributed by atoms with E-state index in [2.05, 4.69) is 4.98 Å². The van der Waals surface area contributed by atoms with Gasteiger partial charge in [-0.25, -0.2) is 4.98 Å². The van der Waals surface area contributed by atoms with Crippen LogP contribution in [0.15, 0.2) is 45.5 Å². The van der Waals surface area contributed by atoms with Crippen molar-refractivity contribution in [1.29, 1.82) is 0 Å². The second kappa shape index (κ2) is 9.24. The number of furan rings is 1. The fourth-order valence-electron chi connectivity index (χ4n) is 3.68. The Morgan fingerprint density at radius 2 is 2.09 bits per heavy atom. The van der Waals surface area contributed by atoms with Crippen LogP contribution in [0.2, 0.25) is 0 Å². The summed E-state index contributed by atoms with van der Waals surface area (Å²) in [6.07, 6.45) is 10.4. The summed E-state index contributed by atoms with van der Waals surface area (Å²) in [5.41, 5.74) is 2.66. The van der Waals surface area contributed by atoms with Gasteiger partial charge in [-0.1, -0.05) is 6.08 Å². The molecule has 1 fully saturated rings. The van der Waals surface area contributed by atoms with Gasteiger partial charge in [-0.3, -0.25) is 9.78 Å². The zero-order valence-electron chi connectivity index (χ0n) is 18.5. The van der Waals surface area contributed by atoms with Crippen LogP contribution in [0.3, 0.4) is 0 Å². The first-order valence-electron chi connectivity index (χ1n) is 10.6. The first kappa shape index (κ1) is 22.2. The molecule has 3 heterocycles. The number of aliphatic carboxylic acids is 1. The van der Waals surface area contributed by atoms with Crippen molar-refractivity contribution in [2.24, 2.45) is 0 Å². The number of aryl methyl sites for hydroxylation is 1. The summed E-state index contributed by atoms with van der Waals surface area (Å²) in [5, 5.41) is 9.40. The van der Waals surface area contributed by atoms with Crippen molar-refractivity contribution in [3.8, 4) is 11.5 Å². The van der Waals surface area contributed by atoms with E-state index in [9.17, 15) is 9.90 Å². The standard InChI is InChI=1S/C24H27N3O4S/c1-16-20(26-22(30-16)19-15-25-12-9-21(19)27(2)3)14-18-8-7-17(31-18)6-4-13-32-24(23(28)29)10-5-11-24/h4,6-9,12,15H,5,10-11,13-14H2,1-3H3,(H,28,29)/b6-4+. The summed E-state index contributed by atoms with van der Waals surface area (Å²) >= 11 is 1.49. The van der Waals surface area contributed by atoms with Crippen LogP contribution in [0, 0.1) is 6.92 Å². The Morgan fingerprint density at radius 1 is 1.28 bits per heavy atom. The van der Waals surface area contributed by atoms with E-state index in [0.717, 1.165) is 53.5 Å². The van der Waals surface area contributed by atoms with Gasteiger partial charge >= 0.3 is 5.97 Å². The molecule has 4 rings (SSSR count). The van der Waals surface area contributed by atoms with Gasteiger partial charge in [0.1, 0.15) is 22.0 Å². The van der Waals surface area contributed by atoms with Gasteiger partial charge in [-0.05, 0) is 50.5 Å². The van der Waals surface area contributed by atoms with Crippen LogP contribution in [0.5, 0.6) is 0 Å². The quantitative estimate of drug-likeness (QED) is 0.481. The predicted molar refractivity (Wildman–Crippen MR) is 126 cm³/mol. The van der Waals surface area contributed by atoms with E-state index in [0.29, 0.717) is 18.1 Å². The van der Waals surface area contributed by atoms with Crippen LogP contribution < -0.4 is 4.90 Å². The number of aromatic nitrogens is 2. The van der Waals surface area contributed by atoms with E-state index in [1.165, 1.54) is 11.8 Å². The lowest BCUT2D eigenvalue weighted by Crippen LogP contribution is -2.42. The summed E-state index contributed by atoms with van der Waals surface area (Å²) in [6.45, 7) is 1.90. The SMILES string of the molecule is Cc1oc(-c2cnccc2N(C)C)nc1Cc1ccc(/C=C/CSC2(C(=O)O)CCC2)o1. The number of anilines is 1. The van der Waals surface area contributed by atoms with Gasteiger partial charge in [0.2, 0.25) is 5.89 Å². The van der Waals surface area contributed by atoms with Crippen molar-refractivity contribution >= 4 is 29.5 Å². The number of carboxylic acids is 1.